The Bertz CT molecular complexity index is 796. The van der Waals surface area contributed by atoms with Gasteiger partial charge in [-0.3, -0.25) is 9.69 Å². The van der Waals surface area contributed by atoms with E-state index in [2.05, 4.69) is 59.2 Å². The van der Waals surface area contributed by atoms with E-state index in [0.717, 1.165) is 57.8 Å². The third-order valence-corrected chi connectivity index (χ3v) is 5.88. The zero-order chi connectivity index (χ0) is 18.6. The van der Waals surface area contributed by atoms with E-state index in [9.17, 15) is 4.79 Å². The summed E-state index contributed by atoms with van der Waals surface area (Å²) in [6.07, 6.45) is 2.56. The largest absolute Gasteiger partial charge is 0.369 e. The van der Waals surface area contributed by atoms with Crippen molar-refractivity contribution in [1.29, 1.82) is 0 Å². The second-order valence-corrected chi connectivity index (χ2v) is 7.64. The van der Waals surface area contributed by atoms with Crippen LogP contribution in [0.2, 0.25) is 0 Å². The van der Waals surface area contributed by atoms with Crippen LogP contribution in [-0.2, 0) is 11.2 Å². The van der Waals surface area contributed by atoms with Crippen LogP contribution in [0.4, 0.5) is 11.4 Å². The van der Waals surface area contributed by atoms with Crippen LogP contribution in [0.5, 0.6) is 0 Å². The molecular weight excluding hydrogens is 334 g/mol. The number of piperazine rings is 1. The van der Waals surface area contributed by atoms with Crippen molar-refractivity contribution in [2.75, 3.05) is 49.1 Å². The Kier molecular flexibility index (Phi) is 5.44. The first-order chi connectivity index (χ1) is 13.2. The summed E-state index contributed by atoms with van der Waals surface area (Å²) >= 11 is 0. The molecule has 0 atom stereocenters. The lowest BCUT2D eigenvalue weighted by molar-refractivity contribution is -0.118. The Hall–Kier alpha value is -2.33. The molecule has 4 rings (SSSR count). The standard InChI is InChI=1S/C23H29N3O/c1-19-7-2-4-9-21(19)25-17-15-24(16-18-25)13-6-14-26-22-10-5-3-8-20(22)11-12-23(26)27/h2-5,7-10H,6,11-18H2,1H3. The van der Waals surface area contributed by atoms with Gasteiger partial charge in [0.2, 0.25) is 5.91 Å². The molecule has 1 saturated heterocycles. The molecule has 2 aromatic carbocycles. The summed E-state index contributed by atoms with van der Waals surface area (Å²) < 4.78 is 0. The molecule has 142 valence electrons. The van der Waals surface area contributed by atoms with Gasteiger partial charge in [-0.2, -0.15) is 0 Å². The van der Waals surface area contributed by atoms with Crippen LogP contribution in [0, 0.1) is 6.92 Å². The van der Waals surface area contributed by atoms with Gasteiger partial charge in [0.1, 0.15) is 0 Å². The van der Waals surface area contributed by atoms with Crippen LogP contribution in [0.25, 0.3) is 0 Å². The fraction of sp³-hybridized carbons (Fsp3) is 0.435. The van der Waals surface area contributed by atoms with Gasteiger partial charge < -0.3 is 9.80 Å². The number of fused-ring (bicyclic) bond motifs is 1. The van der Waals surface area contributed by atoms with Crippen molar-refractivity contribution in [3.8, 4) is 0 Å². The number of anilines is 2. The summed E-state index contributed by atoms with van der Waals surface area (Å²) in [4.78, 5) is 19.4. The Morgan fingerprint density at radius 3 is 2.30 bits per heavy atom. The highest BCUT2D eigenvalue weighted by Gasteiger charge is 2.24. The molecule has 4 heteroatoms. The second kappa shape index (κ2) is 8.13. The van der Waals surface area contributed by atoms with Crippen LogP contribution >= 0.6 is 0 Å². The highest BCUT2D eigenvalue weighted by Crippen LogP contribution is 2.27. The zero-order valence-corrected chi connectivity index (χ0v) is 16.2. The molecule has 2 aliphatic rings. The topological polar surface area (TPSA) is 26.8 Å². The van der Waals surface area contributed by atoms with Crippen LogP contribution in [0.1, 0.15) is 24.0 Å². The van der Waals surface area contributed by atoms with E-state index in [1.54, 1.807) is 0 Å². The molecule has 0 aliphatic carbocycles. The Morgan fingerprint density at radius 2 is 1.52 bits per heavy atom. The fourth-order valence-corrected chi connectivity index (χ4v) is 4.32. The molecule has 0 saturated carbocycles. The first-order valence-corrected chi connectivity index (χ1v) is 10.1. The number of aryl methyl sites for hydroxylation is 2. The van der Waals surface area contributed by atoms with Crippen molar-refractivity contribution in [1.82, 2.24) is 4.90 Å². The van der Waals surface area contributed by atoms with Crippen LogP contribution < -0.4 is 9.80 Å². The molecule has 0 spiro atoms. The van der Waals surface area contributed by atoms with Gasteiger partial charge in [-0.15, -0.1) is 0 Å². The van der Waals surface area contributed by atoms with E-state index in [1.807, 2.05) is 11.0 Å². The van der Waals surface area contributed by atoms with Gasteiger partial charge in [0.05, 0.1) is 0 Å². The summed E-state index contributed by atoms with van der Waals surface area (Å²) in [6, 6.07) is 17.0. The summed E-state index contributed by atoms with van der Waals surface area (Å²) in [5, 5.41) is 0. The lowest BCUT2D eigenvalue weighted by Crippen LogP contribution is -2.47. The summed E-state index contributed by atoms with van der Waals surface area (Å²) in [5.74, 6) is 0.276. The fourth-order valence-electron chi connectivity index (χ4n) is 4.32. The van der Waals surface area contributed by atoms with Crippen molar-refractivity contribution >= 4 is 17.3 Å². The average Bonchev–Trinajstić information content (AvgIpc) is 2.71. The minimum atomic E-state index is 0.276. The maximum Gasteiger partial charge on any atom is 0.227 e. The highest BCUT2D eigenvalue weighted by molar-refractivity contribution is 5.96. The molecule has 0 unspecified atom stereocenters. The average molecular weight is 364 g/mol. The van der Waals surface area contributed by atoms with Gasteiger partial charge >= 0.3 is 0 Å². The number of hydrogen-bond acceptors (Lipinski definition) is 3. The molecule has 4 nitrogen and oxygen atoms in total. The van der Waals surface area contributed by atoms with Crippen molar-refractivity contribution in [3.63, 3.8) is 0 Å². The summed E-state index contributed by atoms with van der Waals surface area (Å²) in [6.45, 7) is 8.43. The van der Waals surface area contributed by atoms with Gasteiger partial charge in [0, 0.05) is 50.5 Å². The third kappa shape index (κ3) is 4.01. The van der Waals surface area contributed by atoms with Crippen molar-refractivity contribution in [2.24, 2.45) is 0 Å². The third-order valence-electron chi connectivity index (χ3n) is 5.88. The zero-order valence-electron chi connectivity index (χ0n) is 16.2. The predicted octanol–water partition coefficient (Wildman–Crippen LogP) is 3.49. The number of benzene rings is 2. The smallest absolute Gasteiger partial charge is 0.227 e. The molecule has 0 bridgehead atoms. The van der Waals surface area contributed by atoms with E-state index in [1.165, 1.54) is 16.8 Å². The minimum absolute atomic E-state index is 0.276. The Morgan fingerprint density at radius 1 is 0.815 bits per heavy atom. The van der Waals surface area contributed by atoms with Crippen molar-refractivity contribution < 1.29 is 4.79 Å². The number of hydrogen-bond donors (Lipinski definition) is 0. The minimum Gasteiger partial charge on any atom is -0.369 e. The molecule has 2 heterocycles. The number of carbonyl (C=O) groups is 1. The predicted molar refractivity (Wildman–Crippen MR) is 112 cm³/mol. The van der Waals surface area contributed by atoms with Crippen LogP contribution in [0.15, 0.2) is 48.5 Å². The van der Waals surface area contributed by atoms with E-state index in [0.29, 0.717) is 6.42 Å². The summed E-state index contributed by atoms with van der Waals surface area (Å²) in [5.41, 5.74) is 5.16. The lowest BCUT2D eigenvalue weighted by atomic mass is 10.0. The Balaban J connectivity index is 1.28. The molecule has 27 heavy (non-hydrogen) atoms. The number of nitrogens with zero attached hydrogens (tertiary/aromatic N) is 3. The van der Waals surface area contributed by atoms with Crippen LogP contribution in [0.3, 0.4) is 0 Å². The normalized spacial score (nSPS) is 17.9. The van der Waals surface area contributed by atoms with Gasteiger partial charge in [-0.1, -0.05) is 36.4 Å². The van der Waals surface area contributed by atoms with E-state index in [-0.39, 0.29) is 5.91 Å². The molecule has 2 aliphatic heterocycles. The quantitative estimate of drug-likeness (QED) is 0.814. The molecule has 0 radical (unpaired) electrons. The number of rotatable bonds is 5. The number of carbonyl (C=O) groups excluding carboxylic acids is 1. The lowest BCUT2D eigenvalue weighted by Gasteiger charge is -2.37. The Labute approximate surface area is 162 Å². The molecule has 1 fully saturated rings. The second-order valence-electron chi connectivity index (χ2n) is 7.64. The van der Waals surface area contributed by atoms with Crippen molar-refractivity contribution in [2.45, 2.75) is 26.2 Å². The number of para-hydroxylation sites is 2. The maximum absolute atomic E-state index is 12.4. The van der Waals surface area contributed by atoms with E-state index >= 15 is 0 Å². The molecule has 0 aromatic heterocycles. The van der Waals surface area contributed by atoms with Gasteiger partial charge in [0.25, 0.3) is 0 Å². The molecule has 2 aromatic rings. The molecule has 0 N–H and O–H groups in total. The first-order valence-electron chi connectivity index (χ1n) is 10.1. The highest BCUT2D eigenvalue weighted by atomic mass is 16.2. The van der Waals surface area contributed by atoms with Crippen molar-refractivity contribution in [3.05, 3.63) is 59.7 Å². The molecule has 1 amide bonds. The van der Waals surface area contributed by atoms with Crippen LogP contribution in [-0.4, -0.2) is 50.1 Å². The van der Waals surface area contributed by atoms with Gasteiger partial charge in [0.15, 0.2) is 0 Å². The monoisotopic (exact) mass is 363 g/mol. The summed E-state index contributed by atoms with van der Waals surface area (Å²) in [7, 11) is 0. The van der Waals surface area contributed by atoms with E-state index in [4.69, 9.17) is 0 Å². The van der Waals surface area contributed by atoms with Gasteiger partial charge in [-0.05, 0) is 49.6 Å². The number of amides is 1. The van der Waals surface area contributed by atoms with Gasteiger partial charge in [-0.25, -0.2) is 0 Å². The SMILES string of the molecule is Cc1ccccc1N1CCN(CCCN2C(=O)CCc3ccccc32)CC1. The first kappa shape index (κ1) is 18.1. The van der Waals surface area contributed by atoms with E-state index < -0.39 is 0 Å². The maximum atomic E-state index is 12.4. The molecular formula is C23H29N3O.